The number of phenolic OH excluding ortho intramolecular Hbond substituents is 1. The number of benzene rings is 1. The molecule has 0 unspecified atom stereocenters. The minimum Gasteiger partial charge on any atom is -0.504 e. The van der Waals surface area contributed by atoms with Crippen LogP contribution in [-0.4, -0.2) is 47.1 Å². The van der Waals surface area contributed by atoms with Gasteiger partial charge in [-0.15, -0.1) is 0 Å². The minimum absolute atomic E-state index is 0.0386. The second-order valence-corrected chi connectivity index (χ2v) is 6.52. The van der Waals surface area contributed by atoms with E-state index in [4.69, 9.17) is 4.74 Å². The molecule has 6 heteroatoms. The van der Waals surface area contributed by atoms with Crippen LogP contribution in [0.2, 0.25) is 0 Å². The molecule has 2 aliphatic rings. The number of carbonyl (C=O) groups is 1. The van der Waals surface area contributed by atoms with E-state index in [1.54, 1.807) is 18.5 Å². The van der Waals surface area contributed by atoms with Gasteiger partial charge in [0.2, 0.25) is 5.91 Å². The molecule has 1 saturated heterocycles. The van der Waals surface area contributed by atoms with E-state index < -0.39 is 0 Å². The quantitative estimate of drug-likeness (QED) is 0.872. The van der Waals surface area contributed by atoms with Crippen LogP contribution in [0.5, 0.6) is 11.5 Å². The fraction of sp³-hybridized carbons (Fsp3) is 0.368. The molecule has 1 fully saturated rings. The molecule has 1 amide bonds. The van der Waals surface area contributed by atoms with Crippen molar-refractivity contribution >= 4 is 5.91 Å². The highest BCUT2D eigenvalue weighted by Gasteiger charge is 2.29. The molecule has 6 nitrogen and oxygen atoms in total. The number of phenols is 1. The third kappa shape index (κ3) is 3.17. The number of aromatic hydroxyl groups is 1. The summed E-state index contributed by atoms with van der Waals surface area (Å²) in [5.41, 5.74) is 2.61. The summed E-state index contributed by atoms with van der Waals surface area (Å²) < 4.78 is 5.74. The highest BCUT2D eigenvalue weighted by molar-refractivity contribution is 5.80. The first kappa shape index (κ1) is 15.9. The number of hydrogen-bond donors (Lipinski definition) is 2. The van der Waals surface area contributed by atoms with Gasteiger partial charge in [0, 0.05) is 36.6 Å². The lowest BCUT2D eigenvalue weighted by Crippen LogP contribution is -2.37. The number of ether oxygens (including phenoxy) is 1. The summed E-state index contributed by atoms with van der Waals surface area (Å²) in [5, 5.41) is 13.6. The van der Waals surface area contributed by atoms with Crippen LogP contribution in [0, 0.1) is 5.92 Å². The summed E-state index contributed by atoms with van der Waals surface area (Å²) in [5.74, 6) is 0.782. The van der Waals surface area contributed by atoms with Crippen LogP contribution < -0.4 is 10.1 Å². The third-order valence-electron chi connectivity index (χ3n) is 4.83. The number of pyridine rings is 1. The smallest absolute Gasteiger partial charge is 0.227 e. The van der Waals surface area contributed by atoms with Crippen molar-refractivity contribution in [3.8, 4) is 22.6 Å². The normalized spacial score (nSPS) is 19.8. The van der Waals surface area contributed by atoms with E-state index in [1.807, 2.05) is 23.1 Å². The SMILES string of the molecule is O=C([C@@H]1CCNC1)N1CCOc2c(O)cc(-c3cccnc3)cc2C1. The molecule has 0 radical (unpaired) electrons. The Bertz CT molecular complexity index is 773. The first-order chi connectivity index (χ1) is 12.2. The zero-order chi connectivity index (χ0) is 17.2. The van der Waals surface area contributed by atoms with Gasteiger partial charge in [-0.2, -0.15) is 0 Å². The molecule has 1 aromatic carbocycles. The molecule has 2 aliphatic heterocycles. The van der Waals surface area contributed by atoms with Crippen LogP contribution in [0.15, 0.2) is 36.7 Å². The molecule has 2 N–H and O–H groups in total. The van der Waals surface area contributed by atoms with Gasteiger partial charge in [-0.05, 0) is 36.7 Å². The number of amides is 1. The van der Waals surface area contributed by atoms with Crippen molar-refractivity contribution in [3.63, 3.8) is 0 Å². The van der Waals surface area contributed by atoms with E-state index in [1.165, 1.54) is 0 Å². The molecule has 130 valence electrons. The second-order valence-electron chi connectivity index (χ2n) is 6.52. The molecule has 0 spiro atoms. The molecule has 3 heterocycles. The first-order valence-corrected chi connectivity index (χ1v) is 8.61. The van der Waals surface area contributed by atoms with Gasteiger partial charge >= 0.3 is 0 Å². The Hall–Kier alpha value is -2.60. The number of carbonyl (C=O) groups excluding carboxylic acids is 1. The summed E-state index contributed by atoms with van der Waals surface area (Å²) in [7, 11) is 0. The average Bonchev–Trinajstić information content (AvgIpc) is 3.08. The van der Waals surface area contributed by atoms with Gasteiger partial charge < -0.3 is 20.1 Å². The molecule has 4 rings (SSSR count). The van der Waals surface area contributed by atoms with Crippen molar-refractivity contribution in [1.29, 1.82) is 0 Å². The van der Waals surface area contributed by atoms with Crippen molar-refractivity contribution in [1.82, 2.24) is 15.2 Å². The molecule has 25 heavy (non-hydrogen) atoms. The average molecular weight is 339 g/mol. The Labute approximate surface area is 146 Å². The maximum Gasteiger partial charge on any atom is 0.227 e. The maximum atomic E-state index is 12.8. The monoisotopic (exact) mass is 339 g/mol. The molecular weight excluding hydrogens is 318 g/mol. The number of rotatable bonds is 2. The molecule has 1 aromatic heterocycles. The van der Waals surface area contributed by atoms with Crippen LogP contribution in [0.25, 0.3) is 11.1 Å². The topological polar surface area (TPSA) is 74.7 Å². The van der Waals surface area contributed by atoms with E-state index in [2.05, 4.69) is 10.3 Å². The van der Waals surface area contributed by atoms with Gasteiger partial charge in [0.15, 0.2) is 11.5 Å². The lowest BCUT2D eigenvalue weighted by Gasteiger charge is -2.23. The molecule has 1 atom stereocenters. The number of aromatic nitrogens is 1. The second kappa shape index (κ2) is 6.72. The van der Waals surface area contributed by atoms with Gasteiger partial charge in [0.1, 0.15) is 6.61 Å². The Kier molecular flexibility index (Phi) is 4.28. The summed E-state index contributed by atoms with van der Waals surface area (Å²) in [6.07, 6.45) is 4.35. The van der Waals surface area contributed by atoms with Crippen molar-refractivity contribution in [2.45, 2.75) is 13.0 Å². The fourth-order valence-corrected chi connectivity index (χ4v) is 3.51. The summed E-state index contributed by atoms with van der Waals surface area (Å²) in [6.45, 7) is 3.00. The highest BCUT2D eigenvalue weighted by Crippen LogP contribution is 2.37. The third-order valence-corrected chi connectivity index (χ3v) is 4.83. The lowest BCUT2D eigenvalue weighted by atomic mass is 10.0. The van der Waals surface area contributed by atoms with Crippen molar-refractivity contribution in [3.05, 3.63) is 42.2 Å². The molecule has 0 bridgehead atoms. The van der Waals surface area contributed by atoms with Gasteiger partial charge in [-0.25, -0.2) is 0 Å². The van der Waals surface area contributed by atoms with Crippen molar-refractivity contribution in [2.75, 3.05) is 26.2 Å². The predicted molar refractivity (Wildman–Crippen MR) is 93.2 cm³/mol. The molecule has 0 saturated carbocycles. The maximum absolute atomic E-state index is 12.8. The Morgan fingerprint density at radius 1 is 1.36 bits per heavy atom. The Morgan fingerprint density at radius 2 is 2.28 bits per heavy atom. The fourth-order valence-electron chi connectivity index (χ4n) is 3.51. The molecule has 0 aliphatic carbocycles. The summed E-state index contributed by atoms with van der Waals surface area (Å²) in [6, 6.07) is 7.47. The number of fused-ring (bicyclic) bond motifs is 1. The summed E-state index contributed by atoms with van der Waals surface area (Å²) >= 11 is 0. The number of nitrogens with one attached hydrogen (secondary N) is 1. The zero-order valence-corrected chi connectivity index (χ0v) is 13.9. The van der Waals surface area contributed by atoms with Gasteiger partial charge in [0.25, 0.3) is 0 Å². The van der Waals surface area contributed by atoms with Gasteiger partial charge in [-0.1, -0.05) is 6.07 Å². The number of hydrogen-bond acceptors (Lipinski definition) is 5. The van der Waals surface area contributed by atoms with E-state index in [0.717, 1.165) is 36.2 Å². The lowest BCUT2D eigenvalue weighted by molar-refractivity contribution is -0.135. The van der Waals surface area contributed by atoms with Crippen molar-refractivity contribution < 1.29 is 14.6 Å². The van der Waals surface area contributed by atoms with E-state index >= 15 is 0 Å². The van der Waals surface area contributed by atoms with Gasteiger partial charge in [0.05, 0.1) is 12.5 Å². The first-order valence-electron chi connectivity index (χ1n) is 8.61. The van der Waals surface area contributed by atoms with Crippen LogP contribution >= 0.6 is 0 Å². The largest absolute Gasteiger partial charge is 0.504 e. The summed E-state index contributed by atoms with van der Waals surface area (Å²) in [4.78, 5) is 18.7. The predicted octanol–water partition coefficient (Wildman–Crippen LogP) is 1.78. The standard InChI is InChI=1S/C19H21N3O3/c23-17-9-15(13-2-1-4-20-10-13)8-16-12-22(6-7-25-18(16)17)19(24)14-3-5-21-11-14/h1-2,4,8-10,14,21,23H,3,5-7,11-12H2/t14-/m1/s1. The van der Waals surface area contributed by atoms with Crippen LogP contribution in [0.1, 0.15) is 12.0 Å². The zero-order valence-electron chi connectivity index (χ0n) is 13.9. The van der Waals surface area contributed by atoms with E-state index in [0.29, 0.717) is 25.4 Å². The highest BCUT2D eigenvalue weighted by atomic mass is 16.5. The molecular formula is C19H21N3O3. The number of nitrogens with zero attached hydrogens (tertiary/aromatic N) is 2. The van der Waals surface area contributed by atoms with E-state index in [9.17, 15) is 9.90 Å². The van der Waals surface area contributed by atoms with E-state index in [-0.39, 0.29) is 17.6 Å². The van der Waals surface area contributed by atoms with Crippen LogP contribution in [-0.2, 0) is 11.3 Å². The minimum atomic E-state index is 0.0386. The Balaban J connectivity index is 1.65. The van der Waals surface area contributed by atoms with Crippen LogP contribution in [0.4, 0.5) is 0 Å². The van der Waals surface area contributed by atoms with Crippen LogP contribution in [0.3, 0.4) is 0 Å². The van der Waals surface area contributed by atoms with Crippen molar-refractivity contribution in [2.24, 2.45) is 5.92 Å². The van der Waals surface area contributed by atoms with Gasteiger partial charge in [-0.3, -0.25) is 9.78 Å². The Morgan fingerprint density at radius 3 is 3.04 bits per heavy atom. The molecule has 2 aromatic rings.